The van der Waals surface area contributed by atoms with Crippen molar-refractivity contribution in [2.75, 3.05) is 5.43 Å². The normalized spacial score (nSPS) is 11.6. The van der Waals surface area contributed by atoms with Gasteiger partial charge in [0.05, 0.1) is 17.4 Å². The Morgan fingerprint density at radius 3 is 2.53 bits per heavy atom. The minimum absolute atomic E-state index is 0.141. The molecular formula is C20H14F3N5O2. The summed E-state index contributed by atoms with van der Waals surface area (Å²) >= 11 is 0. The Morgan fingerprint density at radius 1 is 1.10 bits per heavy atom. The van der Waals surface area contributed by atoms with Crippen molar-refractivity contribution in [1.82, 2.24) is 19.4 Å². The lowest BCUT2D eigenvalue weighted by Crippen LogP contribution is -2.33. The smallest absolute Gasteiger partial charge is 0.267 e. The molecule has 2 aromatic heterocycles. The van der Waals surface area contributed by atoms with E-state index in [-0.39, 0.29) is 16.6 Å². The first-order valence-corrected chi connectivity index (χ1v) is 8.75. The standard InChI is InChI=1S/C20H14F3N5O2/c1-12-5-7-15(8-6-12)28-17-16(10-25-28)19(30)27(11-24-17)26-18(29)13-3-2-4-14(9-13)20(21,22)23/h2-11H,1H3,(H,26,29). The van der Waals surface area contributed by atoms with Gasteiger partial charge in [-0.25, -0.2) is 14.3 Å². The summed E-state index contributed by atoms with van der Waals surface area (Å²) in [6, 6.07) is 11.3. The van der Waals surface area contributed by atoms with Crippen LogP contribution in [0.5, 0.6) is 0 Å². The molecule has 0 saturated heterocycles. The molecule has 4 rings (SSSR count). The van der Waals surface area contributed by atoms with Crippen LogP contribution in [0.1, 0.15) is 21.5 Å². The Labute approximate surface area is 167 Å². The van der Waals surface area contributed by atoms with Crippen molar-refractivity contribution < 1.29 is 18.0 Å². The second-order valence-electron chi connectivity index (χ2n) is 6.57. The van der Waals surface area contributed by atoms with E-state index in [4.69, 9.17) is 0 Å². The molecular weight excluding hydrogens is 399 g/mol. The molecule has 0 saturated carbocycles. The van der Waals surface area contributed by atoms with Crippen LogP contribution in [0.2, 0.25) is 0 Å². The highest BCUT2D eigenvalue weighted by Crippen LogP contribution is 2.29. The average Bonchev–Trinajstić information content (AvgIpc) is 3.15. The molecule has 4 aromatic rings. The fraction of sp³-hybridized carbons (Fsp3) is 0.100. The Kier molecular flexibility index (Phi) is 4.61. The van der Waals surface area contributed by atoms with Crippen LogP contribution in [0, 0.1) is 6.92 Å². The summed E-state index contributed by atoms with van der Waals surface area (Å²) in [5.41, 5.74) is 2.48. The lowest BCUT2D eigenvalue weighted by Gasteiger charge is -2.10. The second-order valence-corrected chi connectivity index (χ2v) is 6.57. The third-order valence-corrected chi connectivity index (χ3v) is 4.44. The molecule has 2 heterocycles. The summed E-state index contributed by atoms with van der Waals surface area (Å²) in [5.74, 6) is -0.879. The summed E-state index contributed by atoms with van der Waals surface area (Å²) < 4.78 is 40.9. The number of benzene rings is 2. The van der Waals surface area contributed by atoms with E-state index in [2.05, 4.69) is 15.5 Å². The second kappa shape index (κ2) is 7.14. The van der Waals surface area contributed by atoms with E-state index in [1.807, 2.05) is 31.2 Å². The summed E-state index contributed by atoms with van der Waals surface area (Å²) in [7, 11) is 0. The van der Waals surface area contributed by atoms with Crippen LogP contribution in [0.25, 0.3) is 16.7 Å². The van der Waals surface area contributed by atoms with Crippen LogP contribution in [0.3, 0.4) is 0 Å². The number of nitrogens with one attached hydrogen (secondary N) is 1. The zero-order valence-electron chi connectivity index (χ0n) is 15.5. The van der Waals surface area contributed by atoms with Crippen molar-refractivity contribution in [3.8, 4) is 5.69 Å². The number of halogens is 3. The Bertz CT molecular complexity index is 1310. The third-order valence-electron chi connectivity index (χ3n) is 4.44. The van der Waals surface area contributed by atoms with Crippen molar-refractivity contribution in [3.63, 3.8) is 0 Å². The SMILES string of the molecule is Cc1ccc(-n2ncc3c(=O)n(NC(=O)c4cccc(C(F)(F)F)c4)cnc32)cc1. The largest absolute Gasteiger partial charge is 0.416 e. The van der Waals surface area contributed by atoms with Gasteiger partial charge in [0.15, 0.2) is 5.65 Å². The summed E-state index contributed by atoms with van der Waals surface area (Å²) in [5, 5.41) is 4.32. The number of carbonyl (C=O) groups excluding carboxylic acids is 1. The van der Waals surface area contributed by atoms with Crippen LogP contribution in [-0.2, 0) is 6.18 Å². The molecule has 7 nitrogen and oxygen atoms in total. The number of fused-ring (bicyclic) bond motifs is 1. The average molecular weight is 413 g/mol. The number of carbonyl (C=O) groups is 1. The number of nitrogens with zero attached hydrogens (tertiary/aromatic N) is 4. The lowest BCUT2D eigenvalue weighted by molar-refractivity contribution is -0.137. The van der Waals surface area contributed by atoms with Gasteiger partial charge in [0, 0.05) is 5.56 Å². The first-order chi connectivity index (χ1) is 14.2. The molecule has 0 bridgehead atoms. The number of hydrogen-bond acceptors (Lipinski definition) is 4. The molecule has 152 valence electrons. The zero-order valence-corrected chi connectivity index (χ0v) is 15.5. The predicted molar refractivity (Wildman–Crippen MR) is 103 cm³/mol. The summed E-state index contributed by atoms with van der Waals surface area (Å²) in [6.07, 6.45) is -2.18. The van der Waals surface area contributed by atoms with Gasteiger partial charge >= 0.3 is 6.18 Å². The molecule has 0 aliphatic heterocycles. The minimum atomic E-state index is -4.59. The maximum absolute atomic E-state index is 12.9. The van der Waals surface area contributed by atoms with Crippen LogP contribution >= 0.6 is 0 Å². The first-order valence-electron chi connectivity index (χ1n) is 8.75. The molecule has 0 aliphatic carbocycles. The van der Waals surface area contributed by atoms with Crippen LogP contribution in [-0.4, -0.2) is 25.3 Å². The van der Waals surface area contributed by atoms with Gasteiger partial charge < -0.3 is 0 Å². The van der Waals surface area contributed by atoms with Crippen molar-refractivity contribution in [1.29, 1.82) is 0 Å². The van der Waals surface area contributed by atoms with Crippen LogP contribution in [0.15, 0.2) is 65.8 Å². The van der Waals surface area contributed by atoms with Gasteiger partial charge in [0.25, 0.3) is 11.5 Å². The molecule has 0 aliphatic rings. The van der Waals surface area contributed by atoms with E-state index in [1.165, 1.54) is 16.9 Å². The Hall–Kier alpha value is -3.95. The number of aryl methyl sites for hydroxylation is 1. The molecule has 0 radical (unpaired) electrons. The highest BCUT2D eigenvalue weighted by atomic mass is 19.4. The first kappa shape index (κ1) is 19.4. The van der Waals surface area contributed by atoms with Crippen molar-refractivity contribution in [2.24, 2.45) is 0 Å². The van der Waals surface area contributed by atoms with Gasteiger partial charge in [-0.15, -0.1) is 0 Å². The van der Waals surface area contributed by atoms with Crippen molar-refractivity contribution in [2.45, 2.75) is 13.1 Å². The number of rotatable bonds is 3. The van der Waals surface area contributed by atoms with Gasteiger partial charge in [-0.3, -0.25) is 15.0 Å². The zero-order chi connectivity index (χ0) is 21.5. The number of aromatic nitrogens is 4. The fourth-order valence-corrected chi connectivity index (χ4v) is 2.88. The van der Waals surface area contributed by atoms with E-state index >= 15 is 0 Å². The van der Waals surface area contributed by atoms with E-state index in [1.54, 1.807) is 0 Å². The van der Waals surface area contributed by atoms with Gasteiger partial charge in [0.2, 0.25) is 0 Å². The quantitative estimate of drug-likeness (QED) is 0.559. The summed E-state index contributed by atoms with van der Waals surface area (Å²) in [6.45, 7) is 1.94. The van der Waals surface area contributed by atoms with Gasteiger partial charge in [-0.2, -0.15) is 18.3 Å². The van der Waals surface area contributed by atoms with Crippen molar-refractivity contribution >= 4 is 16.9 Å². The molecule has 1 amide bonds. The molecule has 0 unspecified atom stereocenters. The fourth-order valence-electron chi connectivity index (χ4n) is 2.88. The summed E-state index contributed by atoms with van der Waals surface area (Å²) in [4.78, 5) is 29.2. The molecule has 1 N–H and O–H groups in total. The number of alkyl halides is 3. The predicted octanol–water partition coefficient (Wildman–Crippen LogP) is 3.29. The van der Waals surface area contributed by atoms with E-state index in [0.29, 0.717) is 11.8 Å². The number of amides is 1. The molecule has 0 spiro atoms. The van der Waals surface area contributed by atoms with Gasteiger partial charge in [-0.05, 0) is 37.3 Å². The molecule has 10 heteroatoms. The lowest BCUT2D eigenvalue weighted by atomic mass is 10.1. The Balaban J connectivity index is 1.66. The maximum atomic E-state index is 12.9. The topological polar surface area (TPSA) is 81.8 Å². The van der Waals surface area contributed by atoms with Crippen molar-refractivity contribution in [3.05, 3.63) is 88.1 Å². The molecule has 30 heavy (non-hydrogen) atoms. The highest BCUT2D eigenvalue weighted by molar-refractivity contribution is 6.00. The third kappa shape index (κ3) is 3.54. The highest BCUT2D eigenvalue weighted by Gasteiger charge is 2.31. The molecule has 0 atom stereocenters. The molecule has 0 fully saturated rings. The van der Waals surface area contributed by atoms with E-state index in [9.17, 15) is 22.8 Å². The monoisotopic (exact) mass is 413 g/mol. The van der Waals surface area contributed by atoms with E-state index in [0.717, 1.165) is 28.7 Å². The number of hydrogen-bond donors (Lipinski definition) is 1. The minimum Gasteiger partial charge on any atom is -0.267 e. The van der Waals surface area contributed by atoms with E-state index < -0.39 is 23.2 Å². The van der Waals surface area contributed by atoms with Gasteiger partial charge in [-0.1, -0.05) is 23.8 Å². The van der Waals surface area contributed by atoms with Crippen LogP contribution < -0.4 is 11.0 Å². The maximum Gasteiger partial charge on any atom is 0.416 e. The Morgan fingerprint density at radius 2 is 1.83 bits per heavy atom. The van der Waals surface area contributed by atoms with Crippen LogP contribution in [0.4, 0.5) is 13.2 Å². The molecule has 2 aromatic carbocycles. The van der Waals surface area contributed by atoms with Gasteiger partial charge in [0.1, 0.15) is 11.7 Å².